The summed E-state index contributed by atoms with van der Waals surface area (Å²) in [6, 6.07) is 8.39. The SMILES string of the molecule is O=C1CC(S(=O)(=O)c2ccccc2)C(C2CCCCC2)O1. The standard InChI is InChI=1S/C16H20O4S/c17-15-11-14(16(20-15)12-7-3-1-4-8-12)21(18,19)13-9-5-2-6-10-13/h2,5-6,9-10,12,14,16H,1,3-4,7-8,11H2. The lowest BCUT2D eigenvalue weighted by Crippen LogP contribution is -2.37. The minimum absolute atomic E-state index is 0.0155. The highest BCUT2D eigenvalue weighted by atomic mass is 32.2. The van der Waals surface area contributed by atoms with Crippen LogP contribution < -0.4 is 0 Å². The molecule has 2 unspecified atom stereocenters. The molecule has 1 saturated heterocycles. The molecule has 3 rings (SSSR count). The Kier molecular flexibility index (Phi) is 4.02. The second-order valence-corrected chi connectivity index (χ2v) is 8.12. The van der Waals surface area contributed by atoms with Crippen molar-refractivity contribution in [3.63, 3.8) is 0 Å². The van der Waals surface area contributed by atoms with E-state index in [4.69, 9.17) is 4.74 Å². The van der Waals surface area contributed by atoms with Crippen molar-refractivity contribution >= 4 is 15.8 Å². The molecule has 0 radical (unpaired) electrons. The van der Waals surface area contributed by atoms with Gasteiger partial charge in [-0.25, -0.2) is 8.42 Å². The van der Waals surface area contributed by atoms with Crippen LogP contribution in [-0.2, 0) is 19.4 Å². The molecule has 1 aliphatic carbocycles. The first-order valence-electron chi connectivity index (χ1n) is 7.57. The molecule has 0 spiro atoms. The fourth-order valence-corrected chi connectivity index (χ4v) is 5.36. The van der Waals surface area contributed by atoms with Gasteiger partial charge in [-0.05, 0) is 30.9 Å². The molecule has 1 heterocycles. The minimum atomic E-state index is -3.52. The maximum absolute atomic E-state index is 12.8. The molecule has 5 heteroatoms. The van der Waals surface area contributed by atoms with E-state index in [1.807, 2.05) is 0 Å². The quantitative estimate of drug-likeness (QED) is 0.806. The van der Waals surface area contributed by atoms with Crippen LogP contribution >= 0.6 is 0 Å². The number of esters is 1. The maximum Gasteiger partial charge on any atom is 0.307 e. The topological polar surface area (TPSA) is 60.4 Å². The van der Waals surface area contributed by atoms with Gasteiger partial charge in [0.05, 0.1) is 11.3 Å². The van der Waals surface area contributed by atoms with Gasteiger partial charge in [-0.3, -0.25) is 4.79 Å². The Hall–Kier alpha value is -1.36. The van der Waals surface area contributed by atoms with Crippen molar-refractivity contribution < 1.29 is 17.9 Å². The van der Waals surface area contributed by atoms with Crippen LogP contribution in [0.1, 0.15) is 38.5 Å². The van der Waals surface area contributed by atoms with E-state index in [1.165, 1.54) is 6.42 Å². The fourth-order valence-electron chi connectivity index (χ4n) is 3.49. The first kappa shape index (κ1) is 14.6. The molecule has 1 saturated carbocycles. The van der Waals surface area contributed by atoms with E-state index < -0.39 is 21.2 Å². The van der Waals surface area contributed by atoms with Crippen molar-refractivity contribution in [3.8, 4) is 0 Å². The number of sulfone groups is 1. The van der Waals surface area contributed by atoms with Gasteiger partial charge in [0.15, 0.2) is 9.84 Å². The second-order valence-electron chi connectivity index (χ2n) is 5.95. The van der Waals surface area contributed by atoms with Crippen molar-refractivity contribution in [3.05, 3.63) is 30.3 Å². The van der Waals surface area contributed by atoms with Crippen molar-refractivity contribution in [2.75, 3.05) is 0 Å². The van der Waals surface area contributed by atoms with Gasteiger partial charge in [-0.1, -0.05) is 37.5 Å². The summed E-state index contributed by atoms with van der Waals surface area (Å²) in [6.07, 6.45) is 4.81. The number of benzene rings is 1. The molecule has 2 fully saturated rings. The number of hydrogen-bond acceptors (Lipinski definition) is 4. The van der Waals surface area contributed by atoms with Crippen molar-refractivity contribution in [1.82, 2.24) is 0 Å². The Morgan fingerprint density at radius 2 is 1.67 bits per heavy atom. The lowest BCUT2D eigenvalue weighted by molar-refractivity contribution is -0.143. The lowest BCUT2D eigenvalue weighted by Gasteiger charge is -2.29. The summed E-state index contributed by atoms with van der Waals surface area (Å²) >= 11 is 0. The third-order valence-electron chi connectivity index (χ3n) is 4.59. The van der Waals surface area contributed by atoms with Crippen LogP contribution in [-0.4, -0.2) is 25.7 Å². The Bertz CT molecular complexity index is 602. The first-order valence-corrected chi connectivity index (χ1v) is 9.12. The number of carbonyl (C=O) groups is 1. The summed E-state index contributed by atoms with van der Waals surface area (Å²) in [6.45, 7) is 0. The predicted molar refractivity (Wildman–Crippen MR) is 78.5 cm³/mol. The highest BCUT2D eigenvalue weighted by Crippen LogP contribution is 2.37. The van der Waals surface area contributed by atoms with E-state index in [1.54, 1.807) is 30.3 Å². The molecule has 1 aromatic rings. The molecule has 114 valence electrons. The Morgan fingerprint density at radius 3 is 2.33 bits per heavy atom. The van der Waals surface area contributed by atoms with Gasteiger partial charge in [0.1, 0.15) is 11.4 Å². The zero-order valence-corrected chi connectivity index (χ0v) is 12.7. The summed E-state index contributed by atoms with van der Waals surface area (Å²) < 4.78 is 31.0. The molecule has 4 nitrogen and oxygen atoms in total. The molecule has 0 amide bonds. The number of ether oxygens (including phenoxy) is 1. The highest BCUT2D eigenvalue weighted by molar-refractivity contribution is 7.92. The lowest BCUT2D eigenvalue weighted by atomic mass is 9.84. The van der Waals surface area contributed by atoms with Crippen LogP contribution in [0, 0.1) is 5.92 Å². The summed E-state index contributed by atoms with van der Waals surface area (Å²) in [7, 11) is -3.52. The monoisotopic (exact) mass is 308 g/mol. The van der Waals surface area contributed by atoms with Crippen LogP contribution in [0.4, 0.5) is 0 Å². The third kappa shape index (κ3) is 2.84. The van der Waals surface area contributed by atoms with Crippen LogP contribution in [0.2, 0.25) is 0 Å². The summed E-state index contributed by atoms with van der Waals surface area (Å²) in [5.41, 5.74) is 0. The predicted octanol–water partition coefficient (Wildman–Crippen LogP) is 2.72. The average molecular weight is 308 g/mol. The van der Waals surface area contributed by atoms with Gasteiger partial charge in [0, 0.05) is 0 Å². The zero-order chi connectivity index (χ0) is 14.9. The second kappa shape index (κ2) is 5.79. The molecule has 0 N–H and O–H groups in total. The molecule has 1 aliphatic heterocycles. The van der Waals surface area contributed by atoms with Gasteiger partial charge >= 0.3 is 5.97 Å². The zero-order valence-electron chi connectivity index (χ0n) is 11.9. The van der Waals surface area contributed by atoms with Crippen LogP contribution in [0.3, 0.4) is 0 Å². The van der Waals surface area contributed by atoms with Crippen molar-refractivity contribution in [2.45, 2.75) is 54.8 Å². The van der Waals surface area contributed by atoms with Crippen molar-refractivity contribution in [2.24, 2.45) is 5.92 Å². The van der Waals surface area contributed by atoms with E-state index in [-0.39, 0.29) is 23.2 Å². The van der Waals surface area contributed by atoms with Gasteiger partial charge < -0.3 is 4.74 Å². The number of carbonyl (C=O) groups excluding carboxylic acids is 1. The summed E-state index contributed by atoms with van der Waals surface area (Å²) in [4.78, 5) is 12.0. The summed E-state index contributed by atoms with van der Waals surface area (Å²) in [5.74, 6) is -0.191. The third-order valence-corrected chi connectivity index (χ3v) is 6.75. The van der Waals surface area contributed by atoms with E-state index in [0.29, 0.717) is 0 Å². The highest BCUT2D eigenvalue weighted by Gasteiger charge is 2.47. The van der Waals surface area contributed by atoms with E-state index >= 15 is 0 Å². The Labute approximate surface area is 125 Å². The minimum Gasteiger partial charge on any atom is -0.461 e. The molecule has 1 aromatic carbocycles. The van der Waals surface area contributed by atoms with Gasteiger partial charge in [-0.2, -0.15) is 0 Å². The number of hydrogen-bond donors (Lipinski definition) is 0. The van der Waals surface area contributed by atoms with Crippen LogP contribution in [0.5, 0.6) is 0 Å². The van der Waals surface area contributed by atoms with Gasteiger partial charge in [-0.15, -0.1) is 0 Å². The Morgan fingerprint density at radius 1 is 1.00 bits per heavy atom. The largest absolute Gasteiger partial charge is 0.461 e. The van der Waals surface area contributed by atoms with Crippen LogP contribution in [0.25, 0.3) is 0 Å². The average Bonchev–Trinajstić information content (AvgIpc) is 2.92. The molecule has 21 heavy (non-hydrogen) atoms. The smallest absolute Gasteiger partial charge is 0.307 e. The number of cyclic esters (lactones) is 1. The molecule has 2 aliphatic rings. The maximum atomic E-state index is 12.8. The summed E-state index contributed by atoms with van der Waals surface area (Å²) in [5, 5.41) is -0.726. The van der Waals surface area contributed by atoms with Gasteiger partial charge in [0.2, 0.25) is 0 Å². The molecular weight excluding hydrogens is 288 g/mol. The number of rotatable bonds is 3. The molecule has 0 bridgehead atoms. The normalized spacial score (nSPS) is 27.5. The van der Waals surface area contributed by atoms with Crippen molar-refractivity contribution in [1.29, 1.82) is 0 Å². The van der Waals surface area contributed by atoms with E-state index in [0.717, 1.165) is 25.7 Å². The van der Waals surface area contributed by atoms with E-state index in [2.05, 4.69) is 0 Å². The first-order chi connectivity index (χ1) is 10.1. The van der Waals surface area contributed by atoms with Crippen LogP contribution in [0.15, 0.2) is 35.2 Å². The molecule has 2 atom stereocenters. The van der Waals surface area contributed by atoms with Gasteiger partial charge in [0.25, 0.3) is 0 Å². The Balaban J connectivity index is 1.89. The molecular formula is C16H20O4S. The molecule has 0 aromatic heterocycles. The van der Waals surface area contributed by atoms with E-state index in [9.17, 15) is 13.2 Å². The fraction of sp³-hybridized carbons (Fsp3) is 0.562.